The molecule has 2 aromatic heterocycles. The summed E-state index contributed by atoms with van der Waals surface area (Å²) in [6.07, 6.45) is 0.774. The third-order valence-corrected chi connectivity index (χ3v) is 3.79. The minimum atomic E-state index is -0.415. The van der Waals surface area contributed by atoms with Gasteiger partial charge >= 0.3 is 0 Å². The molecule has 1 atom stereocenters. The van der Waals surface area contributed by atoms with E-state index in [9.17, 15) is 9.18 Å². The average molecular weight is 314 g/mol. The number of aromatic amines is 2. The van der Waals surface area contributed by atoms with Crippen LogP contribution in [-0.4, -0.2) is 21.2 Å². The summed E-state index contributed by atoms with van der Waals surface area (Å²) in [5.74, 6) is -0.415. The van der Waals surface area contributed by atoms with Gasteiger partial charge in [-0.05, 0) is 32.0 Å². The van der Waals surface area contributed by atoms with E-state index in [1.54, 1.807) is 12.1 Å². The molecule has 0 saturated carbocycles. The van der Waals surface area contributed by atoms with Gasteiger partial charge < -0.3 is 10.3 Å². The minimum Gasteiger partial charge on any atom is -0.355 e. The van der Waals surface area contributed by atoms with E-state index in [2.05, 4.69) is 20.5 Å². The first kappa shape index (κ1) is 15.4. The molecule has 6 heteroatoms. The molecule has 23 heavy (non-hydrogen) atoms. The predicted octanol–water partition coefficient (Wildman–Crippen LogP) is 2.42. The lowest BCUT2D eigenvalue weighted by atomic mass is 10.1. The predicted molar refractivity (Wildman–Crippen MR) is 87.9 cm³/mol. The number of hydrogen-bond donors (Lipinski definition) is 3. The third-order valence-electron chi connectivity index (χ3n) is 3.79. The number of benzene rings is 1. The number of nitrogens with zero attached hydrogens (tertiary/aromatic N) is 1. The minimum absolute atomic E-state index is 0.175. The Morgan fingerprint density at radius 2 is 2.17 bits per heavy atom. The van der Waals surface area contributed by atoms with Gasteiger partial charge in [0.25, 0.3) is 0 Å². The van der Waals surface area contributed by atoms with Crippen molar-refractivity contribution in [3.8, 4) is 0 Å². The molecule has 1 unspecified atom stereocenters. The summed E-state index contributed by atoms with van der Waals surface area (Å²) in [6.45, 7) is 4.47. The van der Waals surface area contributed by atoms with Gasteiger partial charge in [0.05, 0.1) is 11.2 Å². The third kappa shape index (κ3) is 3.48. The molecule has 0 aliphatic rings. The molecule has 0 amide bonds. The molecule has 1 aromatic carbocycles. The first-order chi connectivity index (χ1) is 11.0. The van der Waals surface area contributed by atoms with Gasteiger partial charge in [-0.3, -0.25) is 9.89 Å². The number of aromatic nitrogens is 3. The van der Waals surface area contributed by atoms with Crippen LogP contribution in [0.25, 0.3) is 10.9 Å². The molecule has 0 aliphatic heterocycles. The number of halogens is 1. The topological polar surface area (TPSA) is 73.6 Å². The van der Waals surface area contributed by atoms with Crippen LogP contribution in [0.1, 0.15) is 24.0 Å². The lowest BCUT2D eigenvalue weighted by molar-refractivity contribution is 0.534. The fourth-order valence-electron chi connectivity index (χ4n) is 2.63. The Hall–Kier alpha value is -2.47. The maximum atomic E-state index is 13.8. The van der Waals surface area contributed by atoms with Crippen LogP contribution in [0.4, 0.5) is 4.39 Å². The molecule has 3 rings (SSSR count). The highest BCUT2D eigenvalue weighted by Crippen LogP contribution is 2.12. The van der Waals surface area contributed by atoms with Gasteiger partial charge in [0.1, 0.15) is 5.82 Å². The van der Waals surface area contributed by atoms with Crippen molar-refractivity contribution in [1.29, 1.82) is 0 Å². The highest BCUT2D eigenvalue weighted by atomic mass is 19.1. The Bertz CT molecular complexity index is 884. The van der Waals surface area contributed by atoms with Crippen molar-refractivity contribution in [2.24, 2.45) is 0 Å². The summed E-state index contributed by atoms with van der Waals surface area (Å²) in [5.41, 5.74) is 2.76. The van der Waals surface area contributed by atoms with Crippen molar-refractivity contribution in [3.63, 3.8) is 0 Å². The Labute approximate surface area is 132 Å². The Kier molecular flexibility index (Phi) is 4.25. The maximum Gasteiger partial charge on any atom is 0.189 e. The van der Waals surface area contributed by atoms with E-state index in [-0.39, 0.29) is 17.0 Å². The fourth-order valence-corrected chi connectivity index (χ4v) is 2.63. The number of hydrogen-bond acceptors (Lipinski definition) is 3. The SMILES string of the molecule is Cc1cc(CC(C)NCc2cc(=O)c3cccc(F)c3[nH]2)n[nH]1. The zero-order valence-electron chi connectivity index (χ0n) is 13.1. The molecule has 3 N–H and O–H groups in total. The number of fused-ring (bicyclic) bond motifs is 1. The number of rotatable bonds is 5. The molecule has 2 heterocycles. The number of pyridine rings is 1. The lowest BCUT2D eigenvalue weighted by Crippen LogP contribution is -2.28. The Morgan fingerprint density at radius 1 is 1.35 bits per heavy atom. The monoisotopic (exact) mass is 314 g/mol. The van der Waals surface area contributed by atoms with Gasteiger partial charge in [-0.25, -0.2) is 4.39 Å². The van der Waals surface area contributed by atoms with Crippen LogP contribution in [0.2, 0.25) is 0 Å². The highest BCUT2D eigenvalue weighted by molar-refractivity contribution is 5.78. The first-order valence-corrected chi connectivity index (χ1v) is 7.57. The summed E-state index contributed by atoms with van der Waals surface area (Å²) in [5, 5.41) is 10.8. The van der Waals surface area contributed by atoms with Crippen molar-refractivity contribution in [3.05, 3.63) is 63.5 Å². The van der Waals surface area contributed by atoms with Crippen molar-refractivity contribution in [1.82, 2.24) is 20.5 Å². The largest absolute Gasteiger partial charge is 0.355 e. The van der Waals surface area contributed by atoms with E-state index in [0.717, 1.165) is 17.8 Å². The Morgan fingerprint density at radius 3 is 2.91 bits per heavy atom. The van der Waals surface area contributed by atoms with Gasteiger partial charge in [-0.2, -0.15) is 5.10 Å². The lowest BCUT2D eigenvalue weighted by Gasteiger charge is -2.13. The number of H-pyrrole nitrogens is 2. The average Bonchev–Trinajstić information content (AvgIpc) is 2.91. The van der Waals surface area contributed by atoms with E-state index in [4.69, 9.17) is 0 Å². The van der Waals surface area contributed by atoms with Gasteiger partial charge in [-0.1, -0.05) is 6.07 Å². The van der Waals surface area contributed by atoms with Crippen molar-refractivity contribution in [2.75, 3.05) is 0 Å². The van der Waals surface area contributed by atoms with E-state index in [1.807, 2.05) is 19.9 Å². The molecule has 0 spiro atoms. The molecule has 0 fully saturated rings. The number of nitrogens with one attached hydrogen (secondary N) is 3. The summed E-state index contributed by atoms with van der Waals surface area (Å²) in [6, 6.07) is 8.21. The number of aryl methyl sites for hydroxylation is 1. The molecule has 5 nitrogen and oxygen atoms in total. The van der Waals surface area contributed by atoms with Gasteiger partial charge in [-0.15, -0.1) is 0 Å². The second-order valence-electron chi connectivity index (χ2n) is 5.85. The van der Waals surface area contributed by atoms with Crippen LogP contribution in [0, 0.1) is 12.7 Å². The smallest absolute Gasteiger partial charge is 0.189 e. The molecule has 0 aliphatic carbocycles. The molecule has 3 aromatic rings. The van der Waals surface area contributed by atoms with Gasteiger partial charge in [0, 0.05) is 41.8 Å². The zero-order chi connectivity index (χ0) is 16.4. The molecule has 120 valence electrons. The van der Waals surface area contributed by atoms with E-state index in [1.165, 1.54) is 12.1 Å². The van der Waals surface area contributed by atoms with Crippen molar-refractivity contribution < 1.29 is 4.39 Å². The van der Waals surface area contributed by atoms with E-state index in [0.29, 0.717) is 17.6 Å². The molecular weight excluding hydrogens is 295 g/mol. The van der Waals surface area contributed by atoms with Crippen LogP contribution in [-0.2, 0) is 13.0 Å². The highest BCUT2D eigenvalue weighted by Gasteiger charge is 2.09. The standard InChI is InChI=1S/C17H19FN4O/c1-10(6-12-7-11(2)21-22-12)19-9-13-8-16(23)14-4-3-5-15(18)17(14)20-13/h3-5,7-8,10,19H,6,9H2,1-2H3,(H,20,23)(H,21,22). The van der Waals surface area contributed by atoms with E-state index < -0.39 is 5.82 Å². The fraction of sp³-hybridized carbons (Fsp3) is 0.294. The van der Waals surface area contributed by atoms with Crippen LogP contribution < -0.4 is 10.7 Å². The van der Waals surface area contributed by atoms with Crippen LogP contribution in [0.5, 0.6) is 0 Å². The van der Waals surface area contributed by atoms with Crippen molar-refractivity contribution >= 4 is 10.9 Å². The van der Waals surface area contributed by atoms with Crippen LogP contribution in [0.3, 0.4) is 0 Å². The normalized spacial score (nSPS) is 12.7. The van der Waals surface area contributed by atoms with Crippen LogP contribution >= 0.6 is 0 Å². The maximum absolute atomic E-state index is 13.8. The summed E-state index contributed by atoms with van der Waals surface area (Å²) >= 11 is 0. The van der Waals surface area contributed by atoms with E-state index >= 15 is 0 Å². The number of para-hydroxylation sites is 1. The second kappa shape index (κ2) is 6.34. The zero-order valence-corrected chi connectivity index (χ0v) is 13.1. The second-order valence-corrected chi connectivity index (χ2v) is 5.85. The molecular formula is C17H19FN4O. The molecule has 0 bridgehead atoms. The van der Waals surface area contributed by atoms with Crippen LogP contribution in [0.15, 0.2) is 35.1 Å². The van der Waals surface area contributed by atoms with Crippen molar-refractivity contribution in [2.45, 2.75) is 32.9 Å². The van der Waals surface area contributed by atoms with Gasteiger partial charge in [0.15, 0.2) is 5.43 Å². The first-order valence-electron chi connectivity index (χ1n) is 7.57. The molecule has 0 saturated heterocycles. The summed E-state index contributed by atoms with van der Waals surface area (Å²) in [4.78, 5) is 15.1. The summed E-state index contributed by atoms with van der Waals surface area (Å²) < 4.78 is 13.8. The quantitative estimate of drug-likeness (QED) is 0.677. The summed E-state index contributed by atoms with van der Waals surface area (Å²) in [7, 11) is 0. The molecule has 0 radical (unpaired) electrons. The Balaban J connectivity index is 1.72. The van der Waals surface area contributed by atoms with Gasteiger partial charge in [0.2, 0.25) is 0 Å².